The summed E-state index contributed by atoms with van der Waals surface area (Å²) in [5.41, 5.74) is 11.5. The number of aromatic nitrogens is 2. The predicted molar refractivity (Wildman–Crippen MR) is 291 cm³/mol. The van der Waals surface area contributed by atoms with Crippen molar-refractivity contribution in [2.24, 2.45) is 0 Å². The lowest BCUT2D eigenvalue weighted by Gasteiger charge is -2.23. The summed E-state index contributed by atoms with van der Waals surface area (Å²) in [6, 6.07) is 62.7. The van der Waals surface area contributed by atoms with Gasteiger partial charge < -0.3 is 9.13 Å². The van der Waals surface area contributed by atoms with E-state index in [9.17, 15) is 13.2 Å². The number of benzene rings is 10. The van der Waals surface area contributed by atoms with E-state index in [4.69, 9.17) is 0 Å². The number of fused-ring (bicyclic) bond motifs is 6. The van der Waals surface area contributed by atoms with E-state index < -0.39 is 23.5 Å². The molecule has 0 aliphatic carbocycles. The molecule has 0 radical (unpaired) electrons. The van der Waals surface area contributed by atoms with E-state index in [0.29, 0.717) is 22.1 Å². The molecule has 10 aromatic carbocycles. The fourth-order valence-electron chi connectivity index (χ4n) is 11.1. The van der Waals surface area contributed by atoms with E-state index in [1.165, 1.54) is 12.1 Å². The highest BCUT2D eigenvalue weighted by Gasteiger charge is 2.38. The molecule has 0 spiro atoms. The SMILES string of the molecule is Cc1ccccc1-c1ccc2c3ccc(-c4ccccc4C)cc3n(-c3cc(C(F)(F)F)c(-n4c5cc(-c6ccccc6C)ccc5c5ccc(-c6ccccc6C)cc54)cc3-c3cccc(C(F)(F)F)c3)c2c1. The molecule has 8 heteroatoms. The molecule has 0 aliphatic heterocycles. The van der Waals surface area contributed by atoms with Crippen LogP contribution < -0.4 is 0 Å². The number of halogens is 6. The minimum atomic E-state index is -4.96. The highest BCUT2D eigenvalue weighted by molar-refractivity contribution is 6.13. The topological polar surface area (TPSA) is 9.86 Å². The van der Waals surface area contributed by atoms with E-state index in [1.807, 2.05) is 202 Å². The van der Waals surface area contributed by atoms with Crippen LogP contribution in [0.15, 0.2) is 206 Å². The van der Waals surface area contributed by atoms with Gasteiger partial charge in [0.05, 0.1) is 44.6 Å². The van der Waals surface area contributed by atoms with Crippen LogP contribution in [-0.2, 0) is 12.4 Å². The Kier molecular flexibility index (Phi) is 11.0. The molecule has 74 heavy (non-hydrogen) atoms. The van der Waals surface area contributed by atoms with E-state index in [1.54, 1.807) is 10.6 Å². The highest BCUT2D eigenvalue weighted by Crippen LogP contribution is 2.48. The van der Waals surface area contributed by atoms with Gasteiger partial charge in [-0.3, -0.25) is 0 Å². The summed E-state index contributed by atoms with van der Waals surface area (Å²) >= 11 is 0. The Balaban J connectivity index is 1.25. The van der Waals surface area contributed by atoms with Crippen molar-refractivity contribution in [3.63, 3.8) is 0 Å². The quantitative estimate of drug-likeness (QED) is 0.141. The van der Waals surface area contributed by atoms with Crippen molar-refractivity contribution < 1.29 is 26.3 Å². The van der Waals surface area contributed by atoms with Gasteiger partial charge in [-0.2, -0.15) is 26.3 Å². The number of hydrogen-bond donors (Lipinski definition) is 0. The van der Waals surface area contributed by atoms with Crippen molar-refractivity contribution in [2.45, 2.75) is 40.0 Å². The molecule has 0 unspecified atom stereocenters. The molecule has 2 nitrogen and oxygen atoms in total. The molecule has 2 heterocycles. The first kappa shape index (κ1) is 46.5. The summed E-state index contributed by atoms with van der Waals surface area (Å²) < 4.78 is 98.3. The molecule has 0 aliphatic rings. The molecular formula is C66H46F6N2. The van der Waals surface area contributed by atoms with Gasteiger partial charge in [-0.05, 0) is 149 Å². The summed E-state index contributed by atoms with van der Waals surface area (Å²) in [5, 5.41) is 3.00. The third-order valence-electron chi connectivity index (χ3n) is 14.8. The minimum Gasteiger partial charge on any atom is -0.309 e. The lowest BCUT2D eigenvalue weighted by atomic mass is 9.96. The Hall–Kier alpha value is -8.62. The van der Waals surface area contributed by atoms with Crippen molar-refractivity contribution in [3.05, 3.63) is 240 Å². The van der Waals surface area contributed by atoms with Crippen LogP contribution in [0.4, 0.5) is 26.3 Å². The zero-order valence-corrected chi connectivity index (χ0v) is 40.8. The molecular weight excluding hydrogens is 935 g/mol. The number of nitrogens with zero attached hydrogens (tertiary/aromatic N) is 2. The Morgan fingerprint density at radius 2 is 0.622 bits per heavy atom. The van der Waals surface area contributed by atoms with Crippen LogP contribution in [0.2, 0.25) is 0 Å². The van der Waals surface area contributed by atoms with Crippen LogP contribution in [0.3, 0.4) is 0 Å². The molecule has 362 valence electrons. The maximum atomic E-state index is 16.7. The second-order valence-corrected chi connectivity index (χ2v) is 19.3. The lowest BCUT2D eigenvalue weighted by molar-refractivity contribution is -0.138. The smallest absolute Gasteiger partial charge is 0.309 e. The Morgan fingerprint density at radius 1 is 0.284 bits per heavy atom. The molecule has 12 rings (SSSR count). The second kappa shape index (κ2) is 17.6. The van der Waals surface area contributed by atoms with Crippen LogP contribution in [0.1, 0.15) is 33.4 Å². The van der Waals surface area contributed by atoms with Crippen molar-refractivity contribution in [1.29, 1.82) is 0 Å². The summed E-state index contributed by atoms with van der Waals surface area (Å²) in [6.45, 7) is 8.00. The number of alkyl halides is 6. The summed E-state index contributed by atoms with van der Waals surface area (Å²) in [5.74, 6) is 0. The fraction of sp³-hybridized carbons (Fsp3) is 0.0909. The number of hydrogen-bond acceptors (Lipinski definition) is 0. The first-order chi connectivity index (χ1) is 35.6. The molecule has 0 amide bonds. The first-order valence-electron chi connectivity index (χ1n) is 24.5. The molecule has 0 fully saturated rings. The molecule has 12 aromatic rings. The molecule has 0 saturated heterocycles. The normalized spacial score (nSPS) is 12.2. The number of aryl methyl sites for hydroxylation is 4. The average molecular weight is 981 g/mol. The van der Waals surface area contributed by atoms with Gasteiger partial charge in [0.1, 0.15) is 0 Å². The van der Waals surface area contributed by atoms with E-state index in [-0.39, 0.29) is 22.5 Å². The second-order valence-electron chi connectivity index (χ2n) is 19.3. The van der Waals surface area contributed by atoms with Gasteiger partial charge in [-0.15, -0.1) is 0 Å². The zero-order valence-electron chi connectivity index (χ0n) is 40.8. The predicted octanol–water partition coefficient (Wildman–Crippen LogP) is 19.5. The van der Waals surface area contributed by atoms with Gasteiger partial charge in [0.2, 0.25) is 0 Å². The Morgan fingerprint density at radius 3 is 0.959 bits per heavy atom. The molecule has 0 saturated carbocycles. The van der Waals surface area contributed by atoms with Crippen LogP contribution >= 0.6 is 0 Å². The van der Waals surface area contributed by atoms with Gasteiger partial charge in [-0.1, -0.05) is 158 Å². The van der Waals surface area contributed by atoms with Crippen LogP contribution in [0.5, 0.6) is 0 Å². The Bertz CT molecular complexity index is 4020. The van der Waals surface area contributed by atoms with Crippen molar-refractivity contribution in [1.82, 2.24) is 9.13 Å². The molecule has 0 N–H and O–H groups in total. The number of rotatable bonds is 7. The maximum absolute atomic E-state index is 16.7. The van der Waals surface area contributed by atoms with Gasteiger partial charge >= 0.3 is 12.4 Å². The standard InChI is InChI=1S/C66H46F6N2/c1-39-14-5-9-20-49(39)44-24-28-53-54-29-25-45(50-21-10-6-15-40(50)2)34-60(54)73(59(53)33-44)63-38-58(66(70,71)72)64(37-57(63)43-18-13-19-48(32-43)65(67,68)69)74-61-35-46(51-22-11-7-16-41(51)3)26-30-55(61)56-31-27-47(36-62(56)74)52-23-12-8-17-42(52)4/h5-38H,1-4H3. The fourth-order valence-corrected chi connectivity index (χ4v) is 11.1. The third-order valence-corrected chi connectivity index (χ3v) is 14.8. The van der Waals surface area contributed by atoms with Gasteiger partial charge in [0.25, 0.3) is 0 Å². The summed E-state index contributed by atoms with van der Waals surface area (Å²) in [7, 11) is 0. The Labute approximate surface area is 424 Å². The van der Waals surface area contributed by atoms with Crippen LogP contribution in [0.25, 0.3) is 111 Å². The molecule has 0 bridgehead atoms. The zero-order chi connectivity index (χ0) is 51.2. The largest absolute Gasteiger partial charge is 0.418 e. The van der Waals surface area contributed by atoms with Gasteiger partial charge in [0, 0.05) is 27.1 Å². The third kappa shape index (κ3) is 7.84. The summed E-state index contributed by atoms with van der Waals surface area (Å²) in [6.07, 6.45) is -9.70. The van der Waals surface area contributed by atoms with Crippen molar-refractivity contribution in [3.8, 4) is 67.0 Å². The maximum Gasteiger partial charge on any atom is 0.418 e. The van der Waals surface area contributed by atoms with Crippen LogP contribution in [0, 0.1) is 27.7 Å². The van der Waals surface area contributed by atoms with E-state index in [0.717, 1.165) is 107 Å². The average Bonchev–Trinajstić information content (AvgIpc) is 3.91. The lowest BCUT2D eigenvalue weighted by Crippen LogP contribution is -2.13. The van der Waals surface area contributed by atoms with Crippen molar-refractivity contribution >= 4 is 43.6 Å². The molecule has 0 atom stereocenters. The molecule has 2 aromatic heterocycles. The van der Waals surface area contributed by atoms with E-state index in [2.05, 4.69) is 0 Å². The van der Waals surface area contributed by atoms with Crippen molar-refractivity contribution in [2.75, 3.05) is 0 Å². The monoisotopic (exact) mass is 980 g/mol. The summed E-state index contributed by atoms with van der Waals surface area (Å²) in [4.78, 5) is 0. The first-order valence-corrected chi connectivity index (χ1v) is 24.5. The van der Waals surface area contributed by atoms with Gasteiger partial charge in [-0.25, -0.2) is 0 Å². The van der Waals surface area contributed by atoms with Crippen LogP contribution in [-0.4, -0.2) is 9.13 Å². The highest BCUT2D eigenvalue weighted by atomic mass is 19.4. The minimum absolute atomic E-state index is 0.0752. The van der Waals surface area contributed by atoms with Gasteiger partial charge in [0.15, 0.2) is 0 Å². The van der Waals surface area contributed by atoms with E-state index >= 15 is 13.2 Å².